The van der Waals surface area contributed by atoms with E-state index in [1.807, 2.05) is 0 Å². The Balaban J connectivity index is 1.75. The Labute approximate surface area is 125 Å². The first-order valence-corrected chi connectivity index (χ1v) is 6.65. The number of imide groups is 1. The van der Waals surface area contributed by atoms with E-state index in [1.54, 1.807) is 0 Å². The second-order valence-electron chi connectivity index (χ2n) is 4.70. The maximum atomic E-state index is 12.7. The van der Waals surface area contributed by atoms with Gasteiger partial charge in [-0.3, -0.25) is 34.9 Å². The van der Waals surface area contributed by atoms with E-state index in [-0.39, 0.29) is 43.2 Å². The van der Waals surface area contributed by atoms with Gasteiger partial charge in [-0.25, -0.2) is 4.39 Å². The van der Waals surface area contributed by atoms with E-state index in [0.29, 0.717) is 0 Å². The highest BCUT2D eigenvalue weighted by atomic mass is 19.1. The van der Waals surface area contributed by atoms with Crippen LogP contribution in [0, 0.1) is 5.82 Å². The van der Waals surface area contributed by atoms with Crippen molar-refractivity contribution in [3.05, 3.63) is 35.6 Å². The lowest BCUT2D eigenvalue weighted by Crippen LogP contribution is -2.43. The van der Waals surface area contributed by atoms with Gasteiger partial charge in [0.15, 0.2) is 0 Å². The summed E-state index contributed by atoms with van der Waals surface area (Å²) in [7, 11) is 0. The average Bonchev–Trinajstić information content (AvgIpc) is 2.82. The van der Waals surface area contributed by atoms with Crippen molar-refractivity contribution in [1.29, 1.82) is 0 Å². The van der Waals surface area contributed by atoms with Crippen LogP contribution in [0.4, 0.5) is 4.39 Å². The van der Waals surface area contributed by atoms with E-state index in [9.17, 15) is 23.6 Å². The summed E-state index contributed by atoms with van der Waals surface area (Å²) in [4.78, 5) is 47.0. The fourth-order valence-corrected chi connectivity index (χ4v) is 1.95. The lowest BCUT2D eigenvalue weighted by molar-refractivity contribution is -0.138. The molecule has 4 amide bonds. The highest BCUT2D eigenvalue weighted by Gasteiger charge is 2.28. The summed E-state index contributed by atoms with van der Waals surface area (Å²) in [6.45, 7) is -0.0179. The molecule has 0 saturated carbocycles. The van der Waals surface area contributed by atoms with Crippen molar-refractivity contribution in [3.63, 3.8) is 0 Å². The summed E-state index contributed by atoms with van der Waals surface area (Å²) >= 11 is 0. The first kappa shape index (κ1) is 15.6. The molecule has 1 saturated heterocycles. The molecule has 1 aliphatic heterocycles. The van der Waals surface area contributed by atoms with Crippen LogP contribution in [0.2, 0.25) is 0 Å². The molecule has 1 aliphatic rings. The van der Waals surface area contributed by atoms with Crippen LogP contribution in [-0.2, 0) is 14.4 Å². The fraction of sp³-hybridized carbons (Fsp3) is 0.286. The number of nitrogens with one attached hydrogen (secondary N) is 2. The number of carbonyl (C=O) groups is 4. The molecule has 0 radical (unpaired) electrons. The van der Waals surface area contributed by atoms with Crippen molar-refractivity contribution in [2.24, 2.45) is 0 Å². The number of carbonyl (C=O) groups excluding carboxylic acids is 4. The molecule has 1 aromatic carbocycles. The summed E-state index contributed by atoms with van der Waals surface area (Å²) < 4.78 is 12.7. The van der Waals surface area contributed by atoms with Gasteiger partial charge in [0, 0.05) is 31.4 Å². The number of nitrogens with zero attached hydrogens (tertiary/aromatic N) is 1. The Morgan fingerprint density at radius 1 is 1.05 bits per heavy atom. The lowest BCUT2D eigenvalue weighted by Gasteiger charge is -2.13. The lowest BCUT2D eigenvalue weighted by atomic mass is 10.2. The SMILES string of the molecule is O=C(CCN1C(=O)CCC1=O)NNC(=O)c1ccc(F)cc1. The molecule has 0 unspecified atom stereocenters. The molecule has 2 rings (SSSR count). The van der Waals surface area contributed by atoms with Crippen molar-refractivity contribution >= 4 is 23.6 Å². The van der Waals surface area contributed by atoms with Gasteiger partial charge in [-0.15, -0.1) is 0 Å². The van der Waals surface area contributed by atoms with Gasteiger partial charge in [0.05, 0.1) is 0 Å². The van der Waals surface area contributed by atoms with Gasteiger partial charge in [0.1, 0.15) is 5.82 Å². The molecule has 0 atom stereocenters. The first-order valence-electron chi connectivity index (χ1n) is 6.65. The molecular formula is C14H14FN3O4. The summed E-state index contributed by atoms with van der Waals surface area (Å²) in [5.41, 5.74) is 4.52. The molecule has 2 N–H and O–H groups in total. The van der Waals surface area contributed by atoms with E-state index in [4.69, 9.17) is 0 Å². The molecule has 116 valence electrons. The van der Waals surface area contributed by atoms with Crippen molar-refractivity contribution < 1.29 is 23.6 Å². The smallest absolute Gasteiger partial charge is 0.269 e. The Morgan fingerprint density at radius 2 is 1.64 bits per heavy atom. The normalized spacial score (nSPS) is 14.1. The maximum Gasteiger partial charge on any atom is 0.269 e. The first-order chi connectivity index (χ1) is 10.5. The van der Waals surface area contributed by atoms with E-state index in [1.165, 1.54) is 12.1 Å². The largest absolute Gasteiger partial charge is 0.282 e. The van der Waals surface area contributed by atoms with Crippen molar-refractivity contribution in [3.8, 4) is 0 Å². The van der Waals surface area contributed by atoms with Crippen LogP contribution in [0.25, 0.3) is 0 Å². The third-order valence-corrected chi connectivity index (χ3v) is 3.14. The van der Waals surface area contributed by atoms with Gasteiger partial charge < -0.3 is 0 Å². The van der Waals surface area contributed by atoms with E-state index in [0.717, 1.165) is 17.0 Å². The van der Waals surface area contributed by atoms with Gasteiger partial charge in [-0.05, 0) is 24.3 Å². The number of rotatable bonds is 4. The van der Waals surface area contributed by atoms with Crippen LogP contribution in [0.3, 0.4) is 0 Å². The van der Waals surface area contributed by atoms with Crippen LogP contribution in [0.1, 0.15) is 29.6 Å². The zero-order valence-corrected chi connectivity index (χ0v) is 11.6. The third kappa shape index (κ3) is 3.87. The zero-order chi connectivity index (χ0) is 16.1. The monoisotopic (exact) mass is 307 g/mol. The maximum absolute atomic E-state index is 12.7. The predicted molar refractivity (Wildman–Crippen MR) is 72.6 cm³/mol. The van der Waals surface area contributed by atoms with E-state index >= 15 is 0 Å². The highest BCUT2D eigenvalue weighted by molar-refractivity contribution is 6.02. The van der Waals surface area contributed by atoms with Crippen LogP contribution in [-0.4, -0.2) is 35.1 Å². The molecule has 8 heteroatoms. The van der Waals surface area contributed by atoms with Crippen molar-refractivity contribution in [2.75, 3.05) is 6.54 Å². The molecule has 0 bridgehead atoms. The van der Waals surface area contributed by atoms with Gasteiger partial charge in [-0.2, -0.15) is 0 Å². The molecule has 1 heterocycles. The number of halogens is 1. The van der Waals surface area contributed by atoms with Gasteiger partial charge in [-0.1, -0.05) is 0 Å². The summed E-state index contributed by atoms with van der Waals surface area (Å²) in [6.07, 6.45) is 0.227. The number of benzene rings is 1. The summed E-state index contributed by atoms with van der Waals surface area (Å²) in [6, 6.07) is 4.80. The van der Waals surface area contributed by atoms with Gasteiger partial charge in [0.25, 0.3) is 5.91 Å². The number of hydrogen-bond acceptors (Lipinski definition) is 4. The molecule has 1 aromatic rings. The molecular weight excluding hydrogens is 293 g/mol. The second kappa shape index (κ2) is 6.79. The Kier molecular flexibility index (Phi) is 4.82. The highest BCUT2D eigenvalue weighted by Crippen LogP contribution is 2.11. The van der Waals surface area contributed by atoms with Gasteiger partial charge >= 0.3 is 0 Å². The molecule has 7 nitrogen and oxygen atoms in total. The number of likely N-dealkylation sites (tertiary alicyclic amines) is 1. The van der Waals surface area contributed by atoms with E-state index in [2.05, 4.69) is 10.9 Å². The average molecular weight is 307 g/mol. The van der Waals surface area contributed by atoms with Crippen LogP contribution < -0.4 is 10.9 Å². The van der Waals surface area contributed by atoms with Crippen molar-refractivity contribution in [1.82, 2.24) is 15.8 Å². The number of hydrogen-bond donors (Lipinski definition) is 2. The Morgan fingerprint density at radius 3 is 2.23 bits per heavy atom. The molecule has 1 fully saturated rings. The third-order valence-electron chi connectivity index (χ3n) is 3.14. The van der Waals surface area contributed by atoms with Crippen molar-refractivity contribution in [2.45, 2.75) is 19.3 Å². The van der Waals surface area contributed by atoms with Gasteiger partial charge in [0.2, 0.25) is 17.7 Å². The fourth-order valence-electron chi connectivity index (χ4n) is 1.95. The van der Waals surface area contributed by atoms with E-state index < -0.39 is 17.6 Å². The second-order valence-corrected chi connectivity index (χ2v) is 4.70. The summed E-state index contributed by atoms with van der Waals surface area (Å²) in [5.74, 6) is -2.20. The number of hydrazine groups is 1. The van der Waals surface area contributed by atoms with Crippen LogP contribution in [0.5, 0.6) is 0 Å². The minimum atomic E-state index is -0.596. The minimum Gasteiger partial charge on any atom is -0.282 e. The minimum absolute atomic E-state index is 0.0179. The Hall–Kier alpha value is -2.77. The summed E-state index contributed by atoms with van der Waals surface area (Å²) in [5, 5.41) is 0. The zero-order valence-electron chi connectivity index (χ0n) is 11.6. The van der Waals surface area contributed by atoms with Crippen LogP contribution in [0.15, 0.2) is 24.3 Å². The molecule has 0 spiro atoms. The standard InChI is InChI=1S/C14H14FN3O4/c15-10-3-1-9(2-4-10)14(22)17-16-11(19)7-8-18-12(20)5-6-13(18)21/h1-4H,5-8H2,(H,16,19)(H,17,22). The number of amides is 4. The van der Waals surface area contributed by atoms with Crippen LogP contribution >= 0.6 is 0 Å². The predicted octanol–water partition coefficient (Wildman–Crippen LogP) is 0.126. The molecule has 0 aromatic heterocycles. The topological polar surface area (TPSA) is 95.6 Å². The quantitative estimate of drug-likeness (QED) is 0.610. The Bertz CT molecular complexity index is 599. The molecule has 22 heavy (non-hydrogen) atoms. The molecule has 0 aliphatic carbocycles.